The molecule has 0 heterocycles. The third kappa shape index (κ3) is 1.69. The molecule has 0 aromatic heterocycles. The predicted octanol–water partition coefficient (Wildman–Crippen LogP) is 2.85. The molecular weight excluding hydrogens is 170 g/mol. The highest BCUT2D eigenvalue weighted by atomic mass is 14.9. The number of hydrogen-bond acceptors (Lipinski definition) is 1. The first kappa shape index (κ1) is 9.72. The zero-order valence-electron chi connectivity index (χ0n) is 9.14. The number of aryl methyl sites for hydroxylation is 2. The molecule has 1 atom stereocenters. The molecule has 14 heavy (non-hydrogen) atoms. The van der Waals surface area contributed by atoms with Gasteiger partial charge >= 0.3 is 0 Å². The lowest BCUT2D eigenvalue weighted by Crippen LogP contribution is -2.21. The summed E-state index contributed by atoms with van der Waals surface area (Å²) >= 11 is 0. The normalized spacial score (nSPS) is 20.6. The second-order valence-electron chi connectivity index (χ2n) is 4.12. The van der Waals surface area contributed by atoms with Crippen molar-refractivity contribution in [2.75, 3.05) is 7.05 Å². The van der Waals surface area contributed by atoms with Crippen molar-refractivity contribution < 1.29 is 0 Å². The molecule has 0 saturated heterocycles. The monoisotopic (exact) mass is 189 g/mol. The Morgan fingerprint density at radius 2 is 2.29 bits per heavy atom. The Labute approximate surface area is 86.5 Å². The minimum absolute atomic E-state index is 0.588. The largest absolute Gasteiger partial charge is 0.313 e. The van der Waals surface area contributed by atoms with Crippen LogP contribution in [0.5, 0.6) is 0 Å². The van der Waals surface area contributed by atoms with Gasteiger partial charge in [-0.05, 0) is 49.4 Å². The van der Waals surface area contributed by atoms with Gasteiger partial charge in [-0.3, -0.25) is 0 Å². The van der Waals surface area contributed by atoms with Crippen LogP contribution in [0.15, 0.2) is 18.2 Å². The highest BCUT2D eigenvalue weighted by molar-refractivity contribution is 5.36. The second-order valence-corrected chi connectivity index (χ2v) is 4.12. The molecular formula is C13H19N. The maximum absolute atomic E-state index is 3.41. The summed E-state index contributed by atoms with van der Waals surface area (Å²) in [5.74, 6) is 0. The van der Waals surface area contributed by atoms with E-state index >= 15 is 0 Å². The minimum atomic E-state index is 0.588. The second kappa shape index (κ2) is 4.14. The fourth-order valence-electron chi connectivity index (χ4n) is 2.37. The molecule has 1 aliphatic rings. The van der Waals surface area contributed by atoms with Crippen molar-refractivity contribution >= 4 is 0 Å². The van der Waals surface area contributed by atoms with E-state index in [2.05, 4.69) is 37.5 Å². The lowest BCUT2D eigenvalue weighted by Gasteiger charge is -2.25. The molecule has 0 saturated carbocycles. The zero-order chi connectivity index (χ0) is 9.97. The van der Waals surface area contributed by atoms with Gasteiger partial charge < -0.3 is 5.32 Å². The molecule has 1 heteroatoms. The predicted molar refractivity (Wildman–Crippen MR) is 60.6 cm³/mol. The molecule has 1 aromatic rings. The van der Waals surface area contributed by atoms with Crippen LogP contribution in [0.4, 0.5) is 0 Å². The molecule has 0 fully saturated rings. The van der Waals surface area contributed by atoms with Crippen LogP contribution in [0.25, 0.3) is 0 Å². The fourth-order valence-corrected chi connectivity index (χ4v) is 2.37. The third-order valence-electron chi connectivity index (χ3n) is 3.28. The average Bonchev–Trinajstić information content (AvgIpc) is 2.27. The van der Waals surface area contributed by atoms with Crippen molar-refractivity contribution in [2.45, 2.75) is 38.6 Å². The zero-order valence-corrected chi connectivity index (χ0v) is 9.14. The molecule has 0 radical (unpaired) electrons. The van der Waals surface area contributed by atoms with Crippen molar-refractivity contribution in [3.05, 3.63) is 34.9 Å². The van der Waals surface area contributed by atoms with E-state index in [1.165, 1.54) is 30.4 Å². The van der Waals surface area contributed by atoms with E-state index in [0.717, 1.165) is 6.42 Å². The van der Waals surface area contributed by atoms with Crippen LogP contribution in [-0.2, 0) is 12.8 Å². The molecule has 1 nitrogen and oxygen atoms in total. The molecule has 0 bridgehead atoms. The number of rotatable bonds is 2. The van der Waals surface area contributed by atoms with Gasteiger partial charge in [-0.2, -0.15) is 0 Å². The first-order valence-corrected chi connectivity index (χ1v) is 5.64. The highest BCUT2D eigenvalue weighted by Crippen LogP contribution is 2.30. The number of benzene rings is 1. The van der Waals surface area contributed by atoms with Crippen LogP contribution in [0.1, 0.15) is 42.5 Å². The first-order valence-electron chi connectivity index (χ1n) is 5.64. The van der Waals surface area contributed by atoms with E-state index in [1.807, 2.05) is 0 Å². The summed E-state index contributed by atoms with van der Waals surface area (Å²) in [5, 5.41) is 3.41. The number of hydrogen-bond donors (Lipinski definition) is 1. The quantitative estimate of drug-likeness (QED) is 0.754. The Kier molecular flexibility index (Phi) is 2.87. The highest BCUT2D eigenvalue weighted by Gasteiger charge is 2.18. The van der Waals surface area contributed by atoms with Crippen LogP contribution in [0.2, 0.25) is 0 Å². The van der Waals surface area contributed by atoms with Crippen molar-refractivity contribution in [1.29, 1.82) is 0 Å². The van der Waals surface area contributed by atoms with Gasteiger partial charge in [0.25, 0.3) is 0 Å². The van der Waals surface area contributed by atoms with E-state index in [4.69, 9.17) is 0 Å². The van der Waals surface area contributed by atoms with E-state index in [9.17, 15) is 0 Å². The Morgan fingerprint density at radius 3 is 3.00 bits per heavy atom. The van der Waals surface area contributed by atoms with Gasteiger partial charge in [-0.25, -0.2) is 0 Å². The van der Waals surface area contributed by atoms with E-state index in [1.54, 1.807) is 5.56 Å². The Hall–Kier alpha value is -0.820. The van der Waals surface area contributed by atoms with Crippen molar-refractivity contribution in [3.63, 3.8) is 0 Å². The SMILES string of the molecule is CCc1ccc2c(c1)C(NC)CCC2. The van der Waals surface area contributed by atoms with Crippen LogP contribution in [0, 0.1) is 0 Å². The molecule has 1 aromatic carbocycles. The van der Waals surface area contributed by atoms with Crippen molar-refractivity contribution in [2.24, 2.45) is 0 Å². The Morgan fingerprint density at radius 1 is 1.43 bits per heavy atom. The Balaban J connectivity index is 2.38. The molecule has 1 N–H and O–H groups in total. The van der Waals surface area contributed by atoms with E-state index < -0.39 is 0 Å². The van der Waals surface area contributed by atoms with Gasteiger partial charge in [0.05, 0.1) is 0 Å². The maximum Gasteiger partial charge on any atom is 0.0320 e. The standard InChI is InChI=1S/C13H19N/c1-3-10-7-8-11-5-4-6-13(14-2)12(11)9-10/h7-9,13-14H,3-6H2,1-2H3. The Bertz CT molecular complexity index is 317. The molecule has 76 valence electrons. The topological polar surface area (TPSA) is 12.0 Å². The summed E-state index contributed by atoms with van der Waals surface area (Å²) in [5.41, 5.74) is 4.55. The van der Waals surface area contributed by atoms with Crippen LogP contribution in [-0.4, -0.2) is 7.05 Å². The van der Waals surface area contributed by atoms with Crippen molar-refractivity contribution in [3.8, 4) is 0 Å². The lowest BCUT2D eigenvalue weighted by atomic mass is 9.86. The van der Waals surface area contributed by atoms with Gasteiger partial charge in [0.1, 0.15) is 0 Å². The smallest absolute Gasteiger partial charge is 0.0320 e. The van der Waals surface area contributed by atoms with Gasteiger partial charge in [-0.1, -0.05) is 25.1 Å². The van der Waals surface area contributed by atoms with Gasteiger partial charge in [0.2, 0.25) is 0 Å². The summed E-state index contributed by atoms with van der Waals surface area (Å²) in [4.78, 5) is 0. The number of fused-ring (bicyclic) bond motifs is 1. The average molecular weight is 189 g/mol. The van der Waals surface area contributed by atoms with Gasteiger partial charge in [-0.15, -0.1) is 0 Å². The molecule has 0 aliphatic heterocycles. The van der Waals surface area contributed by atoms with Crippen LogP contribution >= 0.6 is 0 Å². The summed E-state index contributed by atoms with van der Waals surface area (Å²) < 4.78 is 0. The first-order chi connectivity index (χ1) is 6.85. The van der Waals surface area contributed by atoms with Crippen LogP contribution in [0.3, 0.4) is 0 Å². The lowest BCUT2D eigenvalue weighted by molar-refractivity contribution is 0.496. The summed E-state index contributed by atoms with van der Waals surface area (Å²) in [6.07, 6.45) is 5.02. The van der Waals surface area contributed by atoms with Gasteiger partial charge in [0, 0.05) is 6.04 Å². The molecule has 2 rings (SSSR count). The molecule has 1 aliphatic carbocycles. The van der Waals surface area contributed by atoms with Crippen molar-refractivity contribution in [1.82, 2.24) is 5.32 Å². The summed E-state index contributed by atoms with van der Waals surface area (Å²) in [6, 6.07) is 7.56. The van der Waals surface area contributed by atoms with Gasteiger partial charge in [0.15, 0.2) is 0 Å². The maximum atomic E-state index is 3.41. The van der Waals surface area contributed by atoms with Crippen LogP contribution < -0.4 is 5.32 Å². The number of nitrogens with one attached hydrogen (secondary N) is 1. The third-order valence-corrected chi connectivity index (χ3v) is 3.28. The summed E-state index contributed by atoms with van der Waals surface area (Å²) in [7, 11) is 2.07. The summed E-state index contributed by atoms with van der Waals surface area (Å²) in [6.45, 7) is 2.22. The van der Waals surface area contributed by atoms with E-state index in [0.29, 0.717) is 6.04 Å². The molecule has 0 amide bonds. The van der Waals surface area contributed by atoms with E-state index in [-0.39, 0.29) is 0 Å². The molecule has 1 unspecified atom stereocenters. The minimum Gasteiger partial charge on any atom is -0.313 e. The molecule has 0 spiro atoms. The fraction of sp³-hybridized carbons (Fsp3) is 0.538.